The van der Waals surface area contributed by atoms with E-state index in [0.717, 1.165) is 4.88 Å². The van der Waals surface area contributed by atoms with Gasteiger partial charge in [-0.1, -0.05) is 17.7 Å². The smallest absolute Gasteiger partial charge is 0.177 e. The van der Waals surface area contributed by atoms with Crippen molar-refractivity contribution in [2.75, 3.05) is 0 Å². The summed E-state index contributed by atoms with van der Waals surface area (Å²) in [4.78, 5) is 0.848. The van der Waals surface area contributed by atoms with Crippen LogP contribution in [0.25, 0.3) is 10.6 Å². The molecular formula is C11H5BrClNOS. The molecule has 2 aromatic heterocycles. The second kappa shape index (κ2) is 4.88. The van der Waals surface area contributed by atoms with Crippen molar-refractivity contribution in [3.63, 3.8) is 0 Å². The minimum absolute atomic E-state index is 0.394. The van der Waals surface area contributed by atoms with E-state index in [1.165, 1.54) is 17.6 Å². The van der Waals surface area contributed by atoms with Crippen molar-refractivity contribution in [1.82, 2.24) is 0 Å². The van der Waals surface area contributed by atoms with E-state index in [4.69, 9.17) is 21.3 Å². The summed E-state index contributed by atoms with van der Waals surface area (Å²) in [7, 11) is 0. The maximum atomic E-state index is 9.13. The van der Waals surface area contributed by atoms with Crippen LogP contribution in [0.15, 0.2) is 38.9 Å². The SMILES string of the molecule is N#C/C(=C(/Cl)c1ccoc1Br)c1cccs1. The molecule has 0 aliphatic heterocycles. The van der Waals surface area contributed by atoms with Crippen LogP contribution in [0.5, 0.6) is 0 Å². The van der Waals surface area contributed by atoms with Crippen LogP contribution < -0.4 is 0 Å². The Kier molecular flexibility index (Phi) is 3.49. The molecule has 0 aliphatic rings. The number of rotatable bonds is 2. The third kappa shape index (κ3) is 2.07. The molecule has 80 valence electrons. The highest BCUT2D eigenvalue weighted by Gasteiger charge is 2.14. The van der Waals surface area contributed by atoms with Crippen LogP contribution in [0.4, 0.5) is 0 Å². The monoisotopic (exact) mass is 313 g/mol. The molecule has 0 saturated heterocycles. The van der Waals surface area contributed by atoms with Crippen LogP contribution in [-0.2, 0) is 0 Å². The highest BCUT2D eigenvalue weighted by Crippen LogP contribution is 2.35. The zero-order valence-electron chi connectivity index (χ0n) is 7.91. The third-order valence-electron chi connectivity index (χ3n) is 1.95. The highest BCUT2D eigenvalue weighted by atomic mass is 79.9. The van der Waals surface area contributed by atoms with Gasteiger partial charge in [-0.3, -0.25) is 0 Å². The van der Waals surface area contributed by atoms with Crippen LogP contribution in [0.3, 0.4) is 0 Å². The lowest BCUT2D eigenvalue weighted by Crippen LogP contribution is -1.81. The fourth-order valence-electron chi connectivity index (χ4n) is 1.22. The molecule has 2 nitrogen and oxygen atoms in total. The molecule has 0 N–H and O–H groups in total. The summed E-state index contributed by atoms with van der Waals surface area (Å²) in [5.41, 5.74) is 1.14. The van der Waals surface area contributed by atoms with Gasteiger partial charge in [-0.25, -0.2) is 0 Å². The number of hydrogen-bond donors (Lipinski definition) is 0. The van der Waals surface area contributed by atoms with Crippen LogP contribution >= 0.6 is 38.9 Å². The van der Waals surface area contributed by atoms with Gasteiger partial charge in [0.05, 0.1) is 16.9 Å². The molecule has 2 heterocycles. The van der Waals surface area contributed by atoms with E-state index in [1.54, 1.807) is 6.07 Å². The van der Waals surface area contributed by atoms with Crippen molar-refractivity contribution in [3.05, 3.63) is 45.0 Å². The van der Waals surface area contributed by atoms with Crippen LogP contribution in [0, 0.1) is 11.3 Å². The summed E-state index contributed by atoms with van der Waals surface area (Å²) in [6.07, 6.45) is 1.52. The first-order valence-electron chi connectivity index (χ1n) is 4.31. The van der Waals surface area contributed by atoms with Crippen LogP contribution in [-0.4, -0.2) is 0 Å². The van der Waals surface area contributed by atoms with Crippen molar-refractivity contribution in [3.8, 4) is 6.07 Å². The fraction of sp³-hybridized carbons (Fsp3) is 0. The lowest BCUT2D eigenvalue weighted by Gasteiger charge is -1.99. The van der Waals surface area contributed by atoms with Crippen molar-refractivity contribution < 1.29 is 4.42 Å². The summed E-state index contributed by atoms with van der Waals surface area (Å²) in [6, 6.07) is 7.58. The fourth-order valence-corrected chi connectivity index (χ4v) is 2.85. The lowest BCUT2D eigenvalue weighted by atomic mass is 10.1. The average Bonchev–Trinajstić information content (AvgIpc) is 2.90. The van der Waals surface area contributed by atoms with E-state index in [1.807, 2.05) is 17.5 Å². The molecule has 16 heavy (non-hydrogen) atoms. The summed E-state index contributed by atoms with van der Waals surface area (Å²) in [5.74, 6) is 0. The second-order valence-corrected chi connectivity index (χ2v) is 4.93. The maximum absolute atomic E-state index is 9.13. The van der Waals surface area contributed by atoms with Crippen molar-refractivity contribution in [2.24, 2.45) is 0 Å². The van der Waals surface area contributed by atoms with Gasteiger partial charge in [0.2, 0.25) is 0 Å². The first-order valence-corrected chi connectivity index (χ1v) is 6.36. The van der Waals surface area contributed by atoms with Gasteiger partial charge < -0.3 is 4.42 Å². The first-order chi connectivity index (χ1) is 7.74. The lowest BCUT2D eigenvalue weighted by molar-refractivity contribution is 0.540. The maximum Gasteiger partial charge on any atom is 0.177 e. The Morgan fingerprint density at radius 3 is 2.81 bits per heavy atom. The molecule has 0 saturated carbocycles. The Hall–Kier alpha value is -1.02. The number of hydrogen-bond acceptors (Lipinski definition) is 3. The molecular weight excluding hydrogens is 310 g/mol. The first kappa shape index (κ1) is 11.5. The number of halogens is 2. The van der Waals surface area contributed by atoms with Gasteiger partial charge in [0, 0.05) is 10.4 Å². The molecule has 0 unspecified atom stereocenters. The summed E-state index contributed by atoms with van der Waals surface area (Å²) in [6.45, 7) is 0. The summed E-state index contributed by atoms with van der Waals surface area (Å²) >= 11 is 10.9. The Labute approximate surface area is 110 Å². The number of allylic oxidation sites excluding steroid dienone is 1. The van der Waals surface area contributed by atoms with Crippen LogP contribution in [0.2, 0.25) is 0 Å². The van der Waals surface area contributed by atoms with Gasteiger partial charge in [0.25, 0.3) is 0 Å². The zero-order chi connectivity index (χ0) is 11.5. The van der Waals surface area contributed by atoms with Gasteiger partial charge >= 0.3 is 0 Å². The Balaban J connectivity index is 2.56. The highest BCUT2D eigenvalue weighted by molar-refractivity contribution is 9.10. The van der Waals surface area contributed by atoms with Crippen LogP contribution in [0.1, 0.15) is 10.4 Å². The van der Waals surface area contributed by atoms with Gasteiger partial charge in [-0.15, -0.1) is 11.3 Å². The van der Waals surface area contributed by atoms with Crippen molar-refractivity contribution >= 4 is 49.5 Å². The molecule has 5 heteroatoms. The van der Waals surface area contributed by atoms with Gasteiger partial charge in [0.15, 0.2) is 4.67 Å². The Morgan fingerprint density at radius 1 is 1.50 bits per heavy atom. The average molecular weight is 315 g/mol. The predicted octanol–water partition coefficient (Wildman–Crippen LogP) is 4.73. The molecule has 2 rings (SSSR count). The molecule has 0 radical (unpaired) electrons. The van der Waals surface area contributed by atoms with Crippen molar-refractivity contribution in [1.29, 1.82) is 5.26 Å². The van der Waals surface area contributed by atoms with E-state index < -0.39 is 0 Å². The summed E-state index contributed by atoms with van der Waals surface area (Å²) < 4.78 is 5.62. The van der Waals surface area contributed by atoms with E-state index in [-0.39, 0.29) is 0 Å². The molecule has 0 atom stereocenters. The van der Waals surface area contributed by atoms with Crippen molar-refractivity contribution in [2.45, 2.75) is 0 Å². The second-order valence-electron chi connectivity index (χ2n) is 2.89. The van der Waals surface area contributed by atoms with E-state index >= 15 is 0 Å². The number of thiophene rings is 1. The Morgan fingerprint density at radius 2 is 2.31 bits per heavy atom. The minimum atomic E-state index is 0.394. The topological polar surface area (TPSA) is 36.9 Å². The van der Waals surface area contributed by atoms with E-state index in [9.17, 15) is 0 Å². The standard InChI is InChI=1S/C11H5BrClNOS/c12-11-7(3-4-15-11)10(13)8(6-14)9-2-1-5-16-9/h1-5H/b10-8-. The normalized spacial score (nSPS) is 12.1. The molecule has 0 fully saturated rings. The Bertz CT molecular complexity index is 565. The van der Waals surface area contributed by atoms with Gasteiger partial charge in [0.1, 0.15) is 6.07 Å². The quantitative estimate of drug-likeness (QED) is 0.751. The molecule has 0 spiro atoms. The molecule has 0 aliphatic carbocycles. The molecule has 2 aromatic rings. The number of nitriles is 1. The van der Waals surface area contributed by atoms with E-state index in [2.05, 4.69) is 22.0 Å². The van der Waals surface area contributed by atoms with E-state index in [0.29, 0.717) is 20.8 Å². The molecule has 0 bridgehead atoms. The number of furan rings is 1. The zero-order valence-corrected chi connectivity index (χ0v) is 11.1. The summed E-state index contributed by atoms with van der Waals surface area (Å²) in [5, 5.41) is 11.4. The minimum Gasteiger partial charge on any atom is -0.457 e. The largest absolute Gasteiger partial charge is 0.457 e. The number of nitrogens with zero attached hydrogens (tertiary/aromatic N) is 1. The third-order valence-corrected chi connectivity index (χ3v) is 3.85. The predicted molar refractivity (Wildman–Crippen MR) is 69.0 cm³/mol. The molecule has 0 amide bonds. The molecule has 0 aromatic carbocycles. The van der Waals surface area contributed by atoms with Gasteiger partial charge in [-0.2, -0.15) is 5.26 Å². The van der Waals surface area contributed by atoms with Gasteiger partial charge in [-0.05, 0) is 33.4 Å².